The van der Waals surface area contributed by atoms with E-state index >= 15 is 0 Å². The van der Waals surface area contributed by atoms with Crippen molar-refractivity contribution in [2.24, 2.45) is 0 Å². The Labute approximate surface area is 119 Å². The summed E-state index contributed by atoms with van der Waals surface area (Å²) in [5, 5.41) is 0. The van der Waals surface area contributed by atoms with E-state index in [9.17, 15) is 0 Å². The Kier molecular flexibility index (Phi) is 2.93. The van der Waals surface area contributed by atoms with Crippen LogP contribution in [0.4, 0.5) is 5.82 Å². The Morgan fingerprint density at radius 3 is 2.70 bits per heavy atom. The van der Waals surface area contributed by atoms with E-state index < -0.39 is 0 Å². The van der Waals surface area contributed by atoms with E-state index in [4.69, 9.17) is 15.5 Å². The van der Waals surface area contributed by atoms with Gasteiger partial charge in [-0.3, -0.25) is 0 Å². The van der Waals surface area contributed by atoms with Gasteiger partial charge in [0.1, 0.15) is 11.6 Å². The molecule has 2 N–H and O–H groups in total. The predicted octanol–water partition coefficient (Wildman–Crippen LogP) is 1.47. The van der Waals surface area contributed by atoms with Gasteiger partial charge in [0, 0.05) is 30.0 Å². The minimum absolute atomic E-state index is 0.485. The summed E-state index contributed by atoms with van der Waals surface area (Å²) in [7, 11) is 2.26. The second-order valence-electron chi connectivity index (χ2n) is 6.41. The molecular formula is C15H22N4O. The van der Waals surface area contributed by atoms with E-state index in [0.29, 0.717) is 30.4 Å². The van der Waals surface area contributed by atoms with Gasteiger partial charge < -0.3 is 15.4 Å². The van der Waals surface area contributed by atoms with Gasteiger partial charge >= 0.3 is 0 Å². The summed E-state index contributed by atoms with van der Waals surface area (Å²) >= 11 is 0. The maximum Gasteiger partial charge on any atom is 0.134 e. The van der Waals surface area contributed by atoms with E-state index in [-0.39, 0.29) is 0 Å². The van der Waals surface area contributed by atoms with Crippen molar-refractivity contribution >= 4 is 5.82 Å². The Bertz CT molecular complexity index is 519. The molecule has 3 aliphatic rings. The van der Waals surface area contributed by atoms with Crippen LogP contribution in [0.1, 0.15) is 48.7 Å². The number of ether oxygens (including phenoxy) is 1. The molecule has 0 spiro atoms. The first-order chi connectivity index (χ1) is 9.72. The molecule has 2 unspecified atom stereocenters. The fraction of sp³-hybridized carbons (Fsp3) is 0.733. The molecule has 2 saturated heterocycles. The molecule has 0 aliphatic carbocycles. The fourth-order valence-electron chi connectivity index (χ4n) is 4.08. The number of fused-ring (bicyclic) bond motifs is 3. The van der Waals surface area contributed by atoms with Crippen molar-refractivity contribution in [1.29, 1.82) is 0 Å². The van der Waals surface area contributed by atoms with Crippen LogP contribution in [0.25, 0.3) is 0 Å². The first-order valence-electron chi connectivity index (χ1n) is 7.67. The molecule has 4 heterocycles. The van der Waals surface area contributed by atoms with Crippen molar-refractivity contribution in [1.82, 2.24) is 14.9 Å². The summed E-state index contributed by atoms with van der Waals surface area (Å²) in [6, 6.07) is 1.42. The molecule has 1 aromatic rings. The van der Waals surface area contributed by atoms with Crippen LogP contribution in [-0.4, -0.2) is 40.6 Å². The van der Waals surface area contributed by atoms with E-state index in [1.165, 1.54) is 25.7 Å². The SMILES string of the molecule is CN1C2CCC1CC(c1nc(N)c3c(n1)CCOC3)C2. The molecular weight excluding hydrogens is 252 g/mol. The Hall–Kier alpha value is -1.20. The van der Waals surface area contributed by atoms with Gasteiger partial charge in [-0.1, -0.05) is 0 Å². The van der Waals surface area contributed by atoms with Crippen molar-refractivity contribution in [3.63, 3.8) is 0 Å². The van der Waals surface area contributed by atoms with E-state index in [0.717, 1.165) is 30.1 Å². The van der Waals surface area contributed by atoms with E-state index in [2.05, 4.69) is 16.9 Å². The highest BCUT2D eigenvalue weighted by Crippen LogP contribution is 2.41. The average molecular weight is 274 g/mol. The number of nitrogens with zero attached hydrogens (tertiary/aromatic N) is 3. The van der Waals surface area contributed by atoms with Crippen LogP contribution in [-0.2, 0) is 17.8 Å². The van der Waals surface area contributed by atoms with Gasteiger partial charge in [0.2, 0.25) is 0 Å². The van der Waals surface area contributed by atoms with Crippen LogP contribution in [0.3, 0.4) is 0 Å². The first kappa shape index (κ1) is 12.5. The summed E-state index contributed by atoms with van der Waals surface area (Å²) in [6.07, 6.45) is 5.88. The van der Waals surface area contributed by atoms with Gasteiger partial charge in [-0.2, -0.15) is 0 Å². The lowest BCUT2D eigenvalue weighted by molar-refractivity contribution is 0.109. The number of hydrogen-bond donors (Lipinski definition) is 1. The molecule has 2 fully saturated rings. The lowest BCUT2D eigenvalue weighted by Gasteiger charge is -2.36. The van der Waals surface area contributed by atoms with Gasteiger partial charge in [0.15, 0.2) is 0 Å². The van der Waals surface area contributed by atoms with Gasteiger partial charge in [-0.25, -0.2) is 9.97 Å². The van der Waals surface area contributed by atoms with E-state index in [1.807, 2.05) is 0 Å². The second kappa shape index (κ2) is 4.67. The van der Waals surface area contributed by atoms with E-state index in [1.54, 1.807) is 0 Å². The Balaban J connectivity index is 1.64. The van der Waals surface area contributed by atoms with Crippen molar-refractivity contribution in [3.05, 3.63) is 17.1 Å². The molecule has 5 nitrogen and oxygen atoms in total. The summed E-state index contributed by atoms with van der Waals surface area (Å²) in [5.74, 6) is 2.10. The van der Waals surface area contributed by atoms with Crippen molar-refractivity contribution in [2.75, 3.05) is 19.4 Å². The lowest BCUT2D eigenvalue weighted by Crippen LogP contribution is -2.39. The predicted molar refractivity (Wildman–Crippen MR) is 76.4 cm³/mol. The molecule has 0 saturated carbocycles. The van der Waals surface area contributed by atoms with Crippen molar-refractivity contribution in [2.45, 2.75) is 56.7 Å². The molecule has 0 radical (unpaired) electrons. The van der Waals surface area contributed by atoms with Crippen LogP contribution in [0.2, 0.25) is 0 Å². The zero-order chi connectivity index (χ0) is 13.7. The van der Waals surface area contributed by atoms with Gasteiger partial charge in [-0.05, 0) is 32.7 Å². The summed E-state index contributed by atoms with van der Waals surface area (Å²) in [4.78, 5) is 12.0. The number of nitrogen functional groups attached to an aromatic ring is 1. The molecule has 4 rings (SSSR count). The zero-order valence-corrected chi connectivity index (χ0v) is 12.0. The number of anilines is 1. The summed E-state index contributed by atoms with van der Waals surface area (Å²) in [6.45, 7) is 1.32. The third-order valence-corrected chi connectivity index (χ3v) is 5.34. The maximum absolute atomic E-state index is 6.12. The molecule has 0 amide bonds. The first-order valence-corrected chi connectivity index (χ1v) is 7.67. The number of nitrogens with two attached hydrogens (primary N) is 1. The topological polar surface area (TPSA) is 64.3 Å². The lowest BCUT2D eigenvalue weighted by atomic mass is 9.90. The number of rotatable bonds is 1. The zero-order valence-electron chi connectivity index (χ0n) is 12.0. The quantitative estimate of drug-likeness (QED) is 0.840. The van der Waals surface area contributed by atoms with Crippen LogP contribution < -0.4 is 5.73 Å². The second-order valence-corrected chi connectivity index (χ2v) is 6.41. The smallest absolute Gasteiger partial charge is 0.134 e. The highest BCUT2D eigenvalue weighted by molar-refractivity contribution is 5.43. The number of aromatic nitrogens is 2. The van der Waals surface area contributed by atoms with Crippen LogP contribution in [0.15, 0.2) is 0 Å². The molecule has 1 aromatic heterocycles. The standard InChI is InChI=1S/C15H22N4O/c1-19-10-2-3-11(19)7-9(6-10)15-17-13-4-5-20-8-12(13)14(16)18-15/h9-11H,2-8H2,1H3,(H2,16,17,18). The van der Waals surface area contributed by atoms with Crippen LogP contribution >= 0.6 is 0 Å². The molecule has 20 heavy (non-hydrogen) atoms. The number of piperidine rings is 1. The normalized spacial score (nSPS) is 33.1. The Morgan fingerprint density at radius 1 is 1.20 bits per heavy atom. The molecule has 0 aromatic carbocycles. The van der Waals surface area contributed by atoms with Gasteiger partial charge in [-0.15, -0.1) is 0 Å². The summed E-state index contributed by atoms with van der Waals surface area (Å²) in [5.41, 5.74) is 8.25. The number of hydrogen-bond acceptors (Lipinski definition) is 5. The average Bonchev–Trinajstić information content (AvgIpc) is 2.68. The summed E-state index contributed by atoms with van der Waals surface area (Å²) < 4.78 is 5.45. The van der Waals surface area contributed by atoms with Crippen molar-refractivity contribution < 1.29 is 4.74 Å². The van der Waals surface area contributed by atoms with Gasteiger partial charge in [0.25, 0.3) is 0 Å². The third-order valence-electron chi connectivity index (χ3n) is 5.34. The minimum Gasteiger partial charge on any atom is -0.383 e. The van der Waals surface area contributed by atoms with Crippen molar-refractivity contribution in [3.8, 4) is 0 Å². The van der Waals surface area contributed by atoms with Crippen LogP contribution in [0.5, 0.6) is 0 Å². The molecule has 2 bridgehead atoms. The largest absolute Gasteiger partial charge is 0.383 e. The molecule has 3 aliphatic heterocycles. The Morgan fingerprint density at radius 2 is 1.95 bits per heavy atom. The molecule has 2 atom stereocenters. The fourth-order valence-corrected chi connectivity index (χ4v) is 4.08. The minimum atomic E-state index is 0.485. The monoisotopic (exact) mass is 274 g/mol. The molecule has 108 valence electrons. The van der Waals surface area contributed by atoms with Crippen LogP contribution in [0, 0.1) is 0 Å². The highest BCUT2D eigenvalue weighted by atomic mass is 16.5. The maximum atomic E-state index is 6.12. The van der Waals surface area contributed by atoms with Gasteiger partial charge in [0.05, 0.1) is 18.9 Å². The molecule has 5 heteroatoms. The third kappa shape index (κ3) is 1.91. The highest BCUT2D eigenvalue weighted by Gasteiger charge is 2.40.